The fraction of sp³-hybridized carbons (Fsp3) is 0.320. The molecule has 0 fully saturated rings. The third-order valence-corrected chi connectivity index (χ3v) is 12.8. The second-order valence-corrected chi connectivity index (χ2v) is 20.7. The van der Waals surface area contributed by atoms with Crippen LogP contribution in [-0.2, 0) is 21.7 Å². The minimum atomic E-state index is -0.0172. The van der Waals surface area contributed by atoms with Gasteiger partial charge in [-0.05, 0) is 153 Å². The van der Waals surface area contributed by atoms with E-state index >= 15 is 0 Å². The maximum atomic E-state index is 3.98. The van der Waals surface area contributed by atoms with E-state index in [2.05, 4.69) is 212 Å². The van der Waals surface area contributed by atoms with Crippen molar-refractivity contribution in [2.24, 2.45) is 0 Å². The first-order valence-corrected chi connectivity index (χ1v) is 20.2. The topological polar surface area (TPSA) is 0 Å². The number of halogens is 2. The van der Waals surface area contributed by atoms with Crippen LogP contribution in [0.5, 0.6) is 0 Å². The monoisotopic (exact) mass is 810 g/mol. The van der Waals surface area contributed by atoms with E-state index in [1.807, 2.05) is 0 Å². The largest absolute Gasteiger partial charge is 0.0616 e. The van der Waals surface area contributed by atoms with Gasteiger partial charge in [-0.1, -0.05) is 168 Å². The number of rotatable bonds is 2. The molecular weight excluding hydrogens is 760 g/mol. The van der Waals surface area contributed by atoms with E-state index in [1.165, 1.54) is 87.6 Å². The number of benzene rings is 7. The Morgan fingerprint density at radius 1 is 0.327 bits per heavy atom. The summed E-state index contributed by atoms with van der Waals surface area (Å²) < 4.78 is 2.11. The molecule has 0 bridgehead atoms. The summed E-state index contributed by atoms with van der Waals surface area (Å²) in [5.41, 5.74) is 10.5. The molecule has 0 N–H and O–H groups in total. The molecule has 0 radical (unpaired) electrons. The maximum absolute atomic E-state index is 3.98. The van der Waals surface area contributed by atoms with E-state index in [0.717, 1.165) is 8.95 Å². The highest BCUT2D eigenvalue weighted by atomic mass is 79.9. The van der Waals surface area contributed by atoms with Crippen molar-refractivity contribution in [2.75, 3.05) is 0 Å². The summed E-state index contributed by atoms with van der Waals surface area (Å²) in [6, 6.07) is 37.6. The molecule has 0 spiro atoms. The van der Waals surface area contributed by atoms with E-state index in [0.29, 0.717) is 0 Å². The van der Waals surface area contributed by atoms with E-state index in [9.17, 15) is 0 Å². The molecule has 0 saturated heterocycles. The first-order valence-electron chi connectivity index (χ1n) is 18.7. The maximum Gasteiger partial charge on any atom is 0.0324 e. The van der Waals surface area contributed by atoms with Crippen molar-refractivity contribution in [3.05, 3.63) is 128 Å². The number of hydrogen-bond acceptors (Lipinski definition) is 0. The van der Waals surface area contributed by atoms with Crippen LogP contribution in [-0.4, -0.2) is 0 Å². The zero-order valence-corrected chi connectivity index (χ0v) is 36.2. The van der Waals surface area contributed by atoms with Crippen molar-refractivity contribution in [1.29, 1.82) is 0 Å². The molecule has 0 unspecified atom stereocenters. The highest BCUT2D eigenvalue weighted by Gasteiger charge is 2.28. The molecule has 0 heterocycles. The summed E-state index contributed by atoms with van der Waals surface area (Å²) in [6.07, 6.45) is 0. The molecule has 7 aromatic rings. The smallest absolute Gasteiger partial charge is 0.0324 e. The lowest BCUT2D eigenvalue weighted by molar-refractivity contribution is 0.568. The normalized spacial score (nSPS) is 13.2. The lowest BCUT2D eigenvalue weighted by atomic mass is 9.75. The summed E-state index contributed by atoms with van der Waals surface area (Å²) in [5, 5.41) is 10.3. The summed E-state index contributed by atoms with van der Waals surface area (Å²) in [5.74, 6) is 0. The minimum Gasteiger partial charge on any atom is -0.0616 e. The van der Waals surface area contributed by atoms with Crippen LogP contribution in [0.3, 0.4) is 0 Å². The van der Waals surface area contributed by atoms with Crippen LogP contribution in [0.15, 0.2) is 106 Å². The second-order valence-electron chi connectivity index (χ2n) is 19.0. The van der Waals surface area contributed by atoms with Crippen molar-refractivity contribution in [3.63, 3.8) is 0 Å². The fourth-order valence-corrected chi connectivity index (χ4v) is 8.45. The van der Waals surface area contributed by atoms with Gasteiger partial charge in [0.05, 0.1) is 0 Å². The molecular formula is C50H52Br2. The van der Waals surface area contributed by atoms with Gasteiger partial charge in [0.25, 0.3) is 0 Å². The van der Waals surface area contributed by atoms with Gasteiger partial charge in [0.2, 0.25) is 0 Å². The molecule has 0 saturated carbocycles. The van der Waals surface area contributed by atoms with Crippen LogP contribution in [0.25, 0.3) is 65.3 Å². The van der Waals surface area contributed by atoms with E-state index in [4.69, 9.17) is 0 Å². The number of hydrogen-bond donors (Lipinski definition) is 0. The SMILES string of the molecule is CC(C)(C)c1cc(-c2c3cc(Br)c(Br)cc3c(-c3cc(C(C)(C)C)cc(C(C)(C)C)c3)c3c4ccccc4c4ccccc4c23)cc(C(C)(C)C)c1. The van der Waals surface area contributed by atoms with Crippen molar-refractivity contribution < 1.29 is 0 Å². The van der Waals surface area contributed by atoms with Gasteiger partial charge in [0, 0.05) is 8.95 Å². The molecule has 0 aliphatic heterocycles. The second kappa shape index (κ2) is 12.6. The van der Waals surface area contributed by atoms with Gasteiger partial charge in [0.1, 0.15) is 0 Å². The van der Waals surface area contributed by atoms with Gasteiger partial charge >= 0.3 is 0 Å². The fourth-order valence-electron chi connectivity index (χ4n) is 7.77. The molecule has 2 heteroatoms. The summed E-state index contributed by atoms with van der Waals surface area (Å²) in [6.45, 7) is 28.0. The van der Waals surface area contributed by atoms with Crippen LogP contribution >= 0.6 is 31.9 Å². The minimum absolute atomic E-state index is 0.0172. The Kier molecular flexibility index (Phi) is 8.91. The highest BCUT2D eigenvalue weighted by molar-refractivity contribution is 9.13. The van der Waals surface area contributed by atoms with Crippen LogP contribution in [0.1, 0.15) is 105 Å². The third kappa shape index (κ3) is 6.43. The molecule has 52 heavy (non-hydrogen) atoms. The molecule has 266 valence electrons. The molecule has 0 nitrogen and oxygen atoms in total. The Balaban J connectivity index is 1.84. The van der Waals surface area contributed by atoms with E-state index < -0.39 is 0 Å². The third-order valence-electron chi connectivity index (χ3n) is 10.9. The summed E-state index contributed by atoms with van der Waals surface area (Å²) in [4.78, 5) is 0. The van der Waals surface area contributed by atoms with Gasteiger partial charge in [-0.15, -0.1) is 0 Å². The quantitative estimate of drug-likeness (QED) is 0.120. The molecule has 0 aliphatic rings. The van der Waals surface area contributed by atoms with Gasteiger partial charge in [-0.3, -0.25) is 0 Å². The van der Waals surface area contributed by atoms with Gasteiger partial charge in [-0.25, -0.2) is 0 Å². The highest BCUT2D eigenvalue weighted by Crippen LogP contribution is 2.52. The predicted molar refractivity (Wildman–Crippen MR) is 238 cm³/mol. The van der Waals surface area contributed by atoms with Gasteiger partial charge in [0.15, 0.2) is 0 Å². The van der Waals surface area contributed by atoms with Crippen LogP contribution in [0.2, 0.25) is 0 Å². The zero-order valence-electron chi connectivity index (χ0n) is 33.0. The molecule has 0 atom stereocenters. The van der Waals surface area contributed by atoms with Crippen molar-refractivity contribution in [3.8, 4) is 22.3 Å². The van der Waals surface area contributed by atoms with E-state index in [-0.39, 0.29) is 21.7 Å². The molecule has 0 amide bonds. The average molecular weight is 813 g/mol. The summed E-state index contributed by atoms with van der Waals surface area (Å²) >= 11 is 7.96. The van der Waals surface area contributed by atoms with E-state index in [1.54, 1.807) is 0 Å². The lowest BCUT2D eigenvalue weighted by Gasteiger charge is -2.29. The van der Waals surface area contributed by atoms with Crippen molar-refractivity contribution >= 4 is 74.9 Å². The first-order chi connectivity index (χ1) is 24.1. The number of fused-ring (bicyclic) bond motifs is 7. The Morgan fingerprint density at radius 2 is 0.596 bits per heavy atom. The van der Waals surface area contributed by atoms with Crippen molar-refractivity contribution in [1.82, 2.24) is 0 Å². The Bertz CT molecular complexity index is 2310. The Morgan fingerprint density at radius 3 is 0.865 bits per heavy atom. The van der Waals surface area contributed by atoms with Crippen LogP contribution in [0.4, 0.5) is 0 Å². The molecule has 0 aromatic heterocycles. The van der Waals surface area contributed by atoms with Crippen LogP contribution in [0, 0.1) is 0 Å². The Labute approximate surface area is 328 Å². The molecule has 7 aromatic carbocycles. The predicted octanol–water partition coefficient (Wildman–Crippen LogP) is 16.3. The summed E-state index contributed by atoms with van der Waals surface area (Å²) in [7, 11) is 0. The zero-order chi connectivity index (χ0) is 37.7. The van der Waals surface area contributed by atoms with Crippen LogP contribution < -0.4 is 0 Å². The standard InChI is InChI=1S/C50H52Br2/c1-47(2,3)31-21-29(22-32(25-31)48(4,5)6)43-39-27-41(51)42(52)28-40(39)44(30-23-33(49(7,8)9)26-34(24-30)50(10,11)12)46-38-20-16-14-18-36(38)35-17-13-15-19-37(35)45(43)46/h13-28H,1-12H3. The molecule has 7 rings (SSSR count). The van der Waals surface area contributed by atoms with Gasteiger partial charge < -0.3 is 0 Å². The Hall–Kier alpha value is -3.46. The van der Waals surface area contributed by atoms with Crippen molar-refractivity contribution in [2.45, 2.75) is 105 Å². The lowest BCUT2D eigenvalue weighted by Crippen LogP contribution is -2.16. The molecule has 0 aliphatic carbocycles. The van der Waals surface area contributed by atoms with Gasteiger partial charge in [-0.2, -0.15) is 0 Å². The average Bonchev–Trinajstić information content (AvgIpc) is 3.06. The first kappa shape index (κ1) is 36.9.